The Hall–Kier alpha value is -4.45. The number of nitrogens with zero attached hydrogens (tertiary/aromatic N) is 1. The second-order valence-corrected chi connectivity index (χ2v) is 7.39. The van der Waals surface area contributed by atoms with E-state index in [0.29, 0.717) is 28.2 Å². The summed E-state index contributed by atoms with van der Waals surface area (Å²) in [5, 5.41) is 5.81. The van der Waals surface area contributed by atoms with Crippen LogP contribution in [0.15, 0.2) is 90.0 Å². The first-order valence-corrected chi connectivity index (χ1v) is 10.3. The highest BCUT2D eigenvalue weighted by Crippen LogP contribution is 2.22. The highest BCUT2D eigenvalue weighted by Gasteiger charge is 2.13. The Balaban J connectivity index is 1.45. The fourth-order valence-corrected chi connectivity index (χ4v) is 3.44. The number of ether oxygens (including phenoxy) is 2. The van der Waals surface area contributed by atoms with Gasteiger partial charge in [-0.05, 0) is 59.2 Å². The van der Waals surface area contributed by atoms with Crippen LogP contribution in [-0.4, -0.2) is 25.2 Å². The number of fused-ring (bicyclic) bond motifs is 1. The summed E-state index contributed by atoms with van der Waals surface area (Å²) in [5.74, 6) is 0.0238. The zero-order valence-electron chi connectivity index (χ0n) is 18.2. The van der Waals surface area contributed by atoms with Gasteiger partial charge in [0.15, 0.2) is 0 Å². The SMILES string of the molecule is COc1cc(C)ccc1C(=O)N/N=C\c1cccc(OC(=O)c2cccc3ccccc23)c1. The Labute approximate surface area is 191 Å². The quantitative estimate of drug-likeness (QED) is 0.196. The topological polar surface area (TPSA) is 77.0 Å². The van der Waals surface area contributed by atoms with Gasteiger partial charge in [-0.1, -0.05) is 54.6 Å². The van der Waals surface area contributed by atoms with E-state index in [1.54, 1.807) is 42.5 Å². The molecule has 0 atom stereocenters. The normalized spacial score (nSPS) is 10.8. The van der Waals surface area contributed by atoms with E-state index in [2.05, 4.69) is 10.5 Å². The molecule has 6 heteroatoms. The molecule has 164 valence electrons. The second-order valence-electron chi connectivity index (χ2n) is 7.39. The van der Waals surface area contributed by atoms with Crippen molar-refractivity contribution in [3.8, 4) is 11.5 Å². The Morgan fingerprint density at radius 2 is 1.67 bits per heavy atom. The van der Waals surface area contributed by atoms with E-state index in [4.69, 9.17) is 9.47 Å². The van der Waals surface area contributed by atoms with Crippen LogP contribution in [0.3, 0.4) is 0 Å². The molecule has 33 heavy (non-hydrogen) atoms. The predicted octanol–water partition coefficient (Wildman–Crippen LogP) is 5.14. The van der Waals surface area contributed by atoms with E-state index in [-0.39, 0.29) is 5.91 Å². The van der Waals surface area contributed by atoms with Gasteiger partial charge in [0.05, 0.1) is 24.5 Å². The number of benzene rings is 4. The Bertz CT molecular complexity index is 1360. The molecule has 6 nitrogen and oxygen atoms in total. The molecule has 1 amide bonds. The van der Waals surface area contributed by atoms with Gasteiger partial charge in [-0.15, -0.1) is 0 Å². The third-order valence-electron chi connectivity index (χ3n) is 5.06. The summed E-state index contributed by atoms with van der Waals surface area (Å²) in [7, 11) is 1.51. The van der Waals surface area contributed by atoms with Gasteiger partial charge in [0.25, 0.3) is 5.91 Å². The van der Waals surface area contributed by atoms with E-state index in [1.165, 1.54) is 13.3 Å². The van der Waals surface area contributed by atoms with Gasteiger partial charge in [0, 0.05) is 0 Å². The van der Waals surface area contributed by atoms with E-state index in [9.17, 15) is 9.59 Å². The monoisotopic (exact) mass is 438 g/mol. The maximum atomic E-state index is 12.8. The van der Waals surface area contributed by atoms with Gasteiger partial charge >= 0.3 is 5.97 Å². The summed E-state index contributed by atoms with van der Waals surface area (Å²) in [6.07, 6.45) is 1.48. The van der Waals surface area contributed by atoms with Crippen molar-refractivity contribution in [3.05, 3.63) is 107 Å². The molecule has 0 unspecified atom stereocenters. The molecule has 0 radical (unpaired) electrons. The molecule has 0 aliphatic rings. The number of hydrogen-bond acceptors (Lipinski definition) is 5. The average Bonchev–Trinajstić information content (AvgIpc) is 2.83. The molecule has 0 aliphatic carbocycles. The van der Waals surface area contributed by atoms with Crippen LogP contribution < -0.4 is 14.9 Å². The predicted molar refractivity (Wildman–Crippen MR) is 128 cm³/mol. The van der Waals surface area contributed by atoms with Crippen molar-refractivity contribution >= 4 is 28.9 Å². The summed E-state index contributed by atoms with van der Waals surface area (Å²) < 4.78 is 10.8. The van der Waals surface area contributed by atoms with Crippen molar-refractivity contribution in [1.82, 2.24) is 5.43 Å². The molecule has 4 aromatic carbocycles. The number of hydrazone groups is 1. The Kier molecular flexibility index (Phi) is 6.45. The first kappa shape index (κ1) is 21.8. The molecule has 0 bridgehead atoms. The molecule has 1 N–H and O–H groups in total. The third kappa shape index (κ3) is 5.07. The lowest BCUT2D eigenvalue weighted by Gasteiger charge is -2.08. The minimum Gasteiger partial charge on any atom is -0.496 e. The number of carbonyl (C=O) groups excluding carboxylic acids is 2. The minimum absolute atomic E-state index is 0.378. The largest absolute Gasteiger partial charge is 0.496 e. The van der Waals surface area contributed by atoms with E-state index in [1.807, 2.05) is 49.4 Å². The summed E-state index contributed by atoms with van der Waals surface area (Å²) >= 11 is 0. The van der Waals surface area contributed by atoms with Crippen molar-refractivity contribution in [2.75, 3.05) is 7.11 Å². The molecule has 4 aromatic rings. The zero-order chi connectivity index (χ0) is 23.2. The van der Waals surface area contributed by atoms with E-state index in [0.717, 1.165) is 16.3 Å². The number of carbonyl (C=O) groups is 2. The lowest BCUT2D eigenvalue weighted by molar-refractivity contribution is 0.0736. The number of aryl methyl sites for hydroxylation is 1. The molecule has 0 saturated carbocycles. The first-order valence-electron chi connectivity index (χ1n) is 10.3. The molecular weight excluding hydrogens is 416 g/mol. The molecule has 0 aromatic heterocycles. The maximum Gasteiger partial charge on any atom is 0.344 e. The molecule has 0 spiro atoms. The molecule has 0 heterocycles. The van der Waals surface area contributed by atoms with Crippen molar-refractivity contribution in [3.63, 3.8) is 0 Å². The number of methoxy groups -OCH3 is 1. The molecule has 0 fully saturated rings. The van der Waals surface area contributed by atoms with Crippen LogP contribution in [-0.2, 0) is 0 Å². The number of nitrogens with one attached hydrogen (secondary N) is 1. The van der Waals surface area contributed by atoms with Crippen LogP contribution in [0.25, 0.3) is 10.8 Å². The van der Waals surface area contributed by atoms with Gasteiger partial charge in [-0.2, -0.15) is 5.10 Å². The smallest absolute Gasteiger partial charge is 0.344 e. The highest BCUT2D eigenvalue weighted by molar-refractivity contribution is 6.05. The number of esters is 1. The van der Waals surface area contributed by atoms with E-state index >= 15 is 0 Å². The number of rotatable bonds is 6. The van der Waals surface area contributed by atoms with Crippen molar-refractivity contribution in [2.45, 2.75) is 6.92 Å². The molecule has 0 saturated heterocycles. The first-order chi connectivity index (χ1) is 16.0. The highest BCUT2D eigenvalue weighted by atomic mass is 16.5. The van der Waals surface area contributed by atoms with Gasteiger partial charge in [-0.25, -0.2) is 10.2 Å². The Morgan fingerprint density at radius 1 is 0.879 bits per heavy atom. The van der Waals surface area contributed by atoms with Crippen molar-refractivity contribution in [2.24, 2.45) is 5.10 Å². The molecule has 4 rings (SSSR count). The van der Waals surface area contributed by atoms with Crippen molar-refractivity contribution in [1.29, 1.82) is 0 Å². The summed E-state index contributed by atoms with van der Waals surface area (Å²) in [6, 6.07) is 25.4. The molecule has 0 aliphatic heterocycles. The van der Waals surface area contributed by atoms with Crippen LogP contribution in [0.5, 0.6) is 11.5 Å². The third-order valence-corrected chi connectivity index (χ3v) is 5.06. The zero-order valence-corrected chi connectivity index (χ0v) is 18.2. The summed E-state index contributed by atoms with van der Waals surface area (Å²) in [4.78, 5) is 25.2. The standard InChI is InChI=1S/C27H22N2O4/c1-18-13-14-24(25(15-18)32-2)26(30)29-28-17-19-7-5-10-21(16-19)33-27(31)23-12-6-9-20-8-3-4-11-22(20)23/h3-17H,1-2H3,(H,29,30)/b28-17-. The summed E-state index contributed by atoms with van der Waals surface area (Å²) in [6.45, 7) is 1.92. The van der Waals surface area contributed by atoms with E-state index < -0.39 is 5.97 Å². The van der Waals surface area contributed by atoms with Gasteiger partial charge in [0.2, 0.25) is 0 Å². The van der Waals surface area contributed by atoms with Crippen LogP contribution in [0.2, 0.25) is 0 Å². The van der Waals surface area contributed by atoms with Crippen LogP contribution in [0.1, 0.15) is 31.8 Å². The van der Waals surface area contributed by atoms with Crippen LogP contribution in [0.4, 0.5) is 0 Å². The number of amides is 1. The van der Waals surface area contributed by atoms with Gasteiger partial charge in [0.1, 0.15) is 11.5 Å². The lowest BCUT2D eigenvalue weighted by atomic mass is 10.0. The lowest BCUT2D eigenvalue weighted by Crippen LogP contribution is -2.18. The van der Waals surface area contributed by atoms with Crippen molar-refractivity contribution < 1.29 is 19.1 Å². The number of hydrogen-bond donors (Lipinski definition) is 1. The maximum absolute atomic E-state index is 12.8. The fraction of sp³-hybridized carbons (Fsp3) is 0.0741. The van der Waals surface area contributed by atoms with Crippen LogP contribution in [0, 0.1) is 6.92 Å². The average molecular weight is 438 g/mol. The van der Waals surface area contributed by atoms with Gasteiger partial charge < -0.3 is 9.47 Å². The summed E-state index contributed by atoms with van der Waals surface area (Å²) in [5.41, 5.74) is 5.02. The molecular formula is C27H22N2O4. The fourth-order valence-electron chi connectivity index (χ4n) is 3.44. The van der Waals surface area contributed by atoms with Crippen LogP contribution >= 0.6 is 0 Å². The van der Waals surface area contributed by atoms with Gasteiger partial charge in [-0.3, -0.25) is 4.79 Å². The second kappa shape index (κ2) is 9.78. The minimum atomic E-state index is -0.444. The Morgan fingerprint density at radius 3 is 2.52 bits per heavy atom.